The Morgan fingerprint density at radius 1 is 1.00 bits per heavy atom. The summed E-state index contributed by atoms with van der Waals surface area (Å²) >= 11 is 6.16. The van der Waals surface area contributed by atoms with Gasteiger partial charge in [-0.2, -0.15) is 0 Å². The quantitative estimate of drug-likeness (QED) is 0.236. The zero-order valence-electron chi connectivity index (χ0n) is 21.3. The van der Waals surface area contributed by atoms with E-state index in [-0.39, 0.29) is 41.4 Å². The maximum absolute atomic E-state index is 14.1. The maximum Gasteiger partial charge on any atom is 0.250 e. The fraction of sp³-hybridized carbons (Fsp3) is 0.156. The van der Waals surface area contributed by atoms with Crippen LogP contribution >= 0.6 is 11.6 Å². The minimum Gasteiger partial charge on any atom is -0.508 e. The van der Waals surface area contributed by atoms with Crippen LogP contribution in [0.25, 0.3) is 16.7 Å². The SMILES string of the molecule is NC(=O)c1cc(-c2cccnc2[C@@H](CC(=O)CC2=CCc3ccc(O)cc32)Cc2cc(F)cc(F)c2)ccc1Cl. The van der Waals surface area contributed by atoms with Crippen molar-refractivity contribution in [2.75, 3.05) is 0 Å². The molecule has 0 fully saturated rings. The second kappa shape index (κ2) is 11.4. The molecule has 3 N–H and O–H groups in total. The second-order valence-electron chi connectivity index (χ2n) is 9.87. The Bertz CT molecular complexity index is 1650. The van der Waals surface area contributed by atoms with Crippen molar-refractivity contribution in [3.8, 4) is 16.9 Å². The van der Waals surface area contributed by atoms with E-state index in [9.17, 15) is 23.5 Å². The molecule has 1 amide bonds. The highest BCUT2D eigenvalue weighted by Gasteiger charge is 2.25. The zero-order chi connectivity index (χ0) is 28.4. The number of hydrogen-bond acceptors (Lipinski definition) is 4. The fourth-order valence-corrected chi connectivity index (χ4v) is 5.47. The molecule has 202 valence electrons. The van der Waals surface area contributed by atoms with Crippen LogP contribution in [0.4, 0.5) is 8.78 Å². The van der Waals surface area contributed by atoms with E-state index in [1.54, 1.807) is 48.7 Å². The van der Waals surface area contributed by atoms with Gasteiger partial charge in [-0.15, -0.1) is 0 Å². The number of halogens is 3. The van der Waals surface area contributed by atoms with Crippen LogP contribution in [0, 0.1) is 11.6 Å². The molecule has 0 radical (unpaired) electrons. The van der Waals surface area contributed by atoms with Gasteiger partial charge < -0.3 is 10.8 Å². The topological polar surface area (TPSA) is 93.3 Å². The van der Waals surface area contributed by atoms with Gasteiger partial charge in [0.05, 0.1) is 16.3 Å². The van der Waals surface area contributed by atoms with Crippen molar-refractivity contribution in [1.82, 2.24) is 4.98 Å². The van der Waals surface area contributed by atoms with Crippen LogP contribution in [0.5, 0.6) is 5.75 Å². The van der Waals surface area contributed by atoms with E-state index >= 15 is 0 Å². The molecule has 5 rings (SSSR count). The molecule has 1 aliphatic rings. The van der Waals surface area contributed by atoms with Crippen LogP contribution in [0.2, 0.25) is 5.02 Å². The summed E-state index contributed by atoms with van der Waals surface area (Å²) in [6.07, 6.45) is 4.57. The van der Waals surface area contributed by atoms with Crippen LogP contribution in [0.3, 0.4) is 0 Å². The van der Waals surface area contributed by atoms with E-state index < -0.39 is 23.5 Å². The number of benzene rings is 3. The minimum atomic E-state index is -0.711. The average Bonchev–Trinajstić information content (AvgIpc) is 3.29. The molecule has 0 saturated heterocycles. The van der Waals surface area contributed by atoms with Crippen molar-refractivity contribution in [2.45, 2.75) is 31.6 Å². The predicted octanol–water partition coefficient (Wildman–Crippen LogP) is 6.80. The number of phenols is 1. The summed E-state index contributed by atoms with van der Waals surface area (Å²) in [5, 5.41) is 10.2. The van der Waals surface area contributed by atoms with Gasteiger partial charge in [-0.1, -0.05) is 35.9 Å². The highest BCUT2D eigenvalue weighted by Crippen LogP contribution is 2.37. The van der Waals surface area contributed by atoms with Gasteiger partial charge in [0.15, 0.2) is 0 Å². The molecule has 0 unspecified atom stereocenters. The largest absolute Gasteiger partial charge is 0.508 e. The standard InChI is InChI=1S/C32H25ClF2N2O3/c33-30-8-6-21(15-29(30)32(36)40)27-2-1-9-37-31(27)22(10-18-11-23(34)16-24(35)12-18)14-26(39)13-20-4-3-19-5-7-25(38)17-28(19)20/h1-2,4-9,11-12,15-17,22,38H,3,10,13-14H2,(H2,36,40)/t22-/m1/s1. The van der Waals surface area contributed by atoms with E-state index in [0.717, 1.165) is 22.8 Å². The minimum absolute atomic E-state index is 0.0455. The number of ketones is 1. The highest BCUT2D eigenvalue weighted by atomic mass is 35.5. The highest BCUT2D eigenvalue weighted by molar-refractivity contribution is 6.33. The number of pyridine rings is 1. The first kappa shape index (κ1) is 27.2. The molecule has 0 spiro atoms. The molecule has 8 heteroatoms. The number of fused-ring (bicyclic) bond motifs is 1. The lowest BCUT2D eigenvalue weighted by Crippen LogP contribution is -2.14. The van der Waals surface area contributed by atoms with Gasteiger partial charge >= 0.3 is 0 Å². The van der Waals surface area contributed by atoms with Crippen LogP contribution in [0.15, 0.2) is 79.0 Å². The molecular weight excluding hydrogens is 534 g/mol. The van der Waals surface area contributed by atoms with E-state index in [4.69, 9.17) is 17.3 Å². The number of amides is 1. The van der Waals surface area contributed by atoms with E-state index in [1.165, 1.54) is 12.1 Å². The molecule has 1 aromatic heterocycles. The first-order valence-electron chi connectivity index (χ1n) is 12.7. The Labute approximate surface area is 235 Å². The first-order chi connectivity index (χ1) is 19.2. The molecule has 0 bridgehead atoms. The molecule has 5 nitrogen and oxygen atoms in total. The Kier molecular flexibility index (Phi) is 7.76. The van der Waals surface area contributed by atoms with Crippen LogP contribution < -0.4 is 5.73 Å². The lowest BCUT2D eigenvalue weighted by atomic mass is 9.85. The van der Waals surface area contributed by atoms with Crippen molar-refractivity contribution in [3.05, 3.63) is 124 Å². The molecule has 1 atom stereocenters. The number of aromatic nitrogens is 1. The molecule has 0 aliphatic heterocycles. The van der Waals surface area contributed by atoms with Crippen molar-refractivity contribution >= 4 is 28.9 Å². The average molecular weight is 559 g/mol. The second-order valence-corrected chi connectivity index (χ2v) is 10.3. The van der Waals surface area contributed by atoms with Crippen molar-refractivity contribution < 1.29 is 23.5 Å². The summed E-state index contributed by atoms with van der Waals surface area (Å²) in [5.41, 5.74) is 10.5. The van der Waals surface area contributed by atoms with Gasteiger partial charge in [-0.05, 0) is 83.1 Å². The van der Waals surface area contributed by atoms with Gasteiger partial charge in [-0.25, -0.2) is 8.78 Å². The number of rotatable bonds is 9. The number of hydrogen-bond donors (Lipinski definition) is 2. The molecule has 3 aromatic carbocycles. The van der Waals surface area contributed by atoms with E-state index in [1.807, 2.05) is 12.1 Å². The maximum atomic E-state index is 14.1. The normalized spacial score (nSPS) is 13.0. The number of phenolic OH excluding ortho intramolecular Hbond substituents is 1. The lowest BCUT2D eigenvalue weighted by molar-refractivity contribution is -0.118. The number of aromatic hydroxyl groups is 1. The third-order valence-corrected chi connectivity index (χ3v) is 7.37. The monoisotopic (exact) mass is 558 g/mol. The molecule has 0 saturated carbocycles. The lowest BCUT2D eigenvalue weighted by Gasteiger charge is -2.20. The zero-order valence-corrected chi connectivity index (χ0v) is 22.1. The number of primary amides is 1. The van der Waals surface area contributed by atoms with Crippen LogP contribution in [-0.2, 0) is 17.6 Å². The molecular formula is C32H25ClF2N2O3. The predicted molar refractivity (Wildman–Crippen MR) is 150 cm³/mol. The fourth-order valence-electron chi connectivity index (χ4n) is 5.26. The molecule has 1 heterocycles. The van der Waals surface area contributed by atoms with Crippen molar-refractivity contribution in [2.24, 2.45) is 5.73 Å². The molecule has 4 aromatic rings. The van der Waals surface area contributed by atoms with Crippen molar-refractivity contribution in [1.29, 1.82) is 0 Å². The first-order valence-corrected chi connectivity index (χ1v) is 13.1. The van der Waals surface area contributed by atoms with Crippen molar-refractivity contribution in [3.63, 3.8) is 0 Å². The van der Waals surface area contributed by atoms with Crippen LogP contribution in [0.1, 0.15) is 51.5 Å². The summed E-state index contributed by atoms with van der Waals surface area (Å²) < 4.78 is 28.2. The number of allylic oxidation sites excluding steroid dienone is 2. The van der Waals surface area contributed by atoms with Gasteiger partial charge in [0.2, 0.25) is 5.91 Å². The third kappa shape index (κ3) is 5.95. The summed E-state index contributed by atoms with van der Waals surface area (Å²) in [6.45, 7) is 0. The van der Waals surface area contributed by atoms with E-state index in [0.29, 0.717) is 28.8 Å². The Balaban J connectivity index is 1.50. The number of nitrogens with two attached hydrogens (primary N) is 1. The third-order valence-electron chi connectivity index (χ3n) is 7.04. The van der Waals surface area contributed by atoms with Crippen LogP contribution in [-0.4, -0.2) is 21.8 Å². The summed E-state index contributed by atoms with van der Waals surface area (Å²) in [6, 6.07) is 16.8. The Hall–Kier alpha value is -4.36. The summed E-state index contributed by atoms with van der Waals surface area (Å²) in [5.74, 6) is -2.61. The summed E-state index contributed by atoms with van der Waals surface area (Å²) in [7, 11) is 0. The van der Waals surface area contributed by atoms with E-state index in [2.05, 4.69) is 4.98 Å². The Morgan fingerprint density at radius 3 is 2.52 bits per heavy atom. The van der Waals surface area contributed by atoms with Gasteiger partial charge in [0.1, 0.15) is 23.2 Å². The van der Waals surface area contributed by atoms with Gasteiger partial charge in [0.25, 0.3) is 0 Å². The Morgan fingerprint density at radius 2 is 1.77 bits per heavy atom. The molecule has 40 heavy (non-hydrogen) atoms. The summed E-state index contributed by atoms with van der Waals surface area (Å²) in [4.78, 5) is 30.0. The molecule has 1 aliphatic carbocycles. The van der Waals surface area contributed by atoms with Gasteiger partial charge in [0, 0.05) is 36.6 Å². The number of Topliss-reactive ketones (excluding diaryl/α,β-unsaturated/α-hetero) is 1. The smallest absolute Gasteiger partial charge is 0.250 e. The number of carbonyl (C=O) groups is 2. The number of nitrogens with zero attached hydrogens (tertiary/aromatic N) is 1. The number of carbonyl (C=O) groups excluding carboxylic acids is 2. The van der Waals surface area contributed by atoms with Gasteiger partial charge in [-0.3, -0.25) is 14.6 Å².